The van der Waals surface area contributed by atoms with Gasteiger partial charge in [-0.05, 0) is 28.3 Å². The first-order chi connectivity index (χ1) is 8.85. The van der Waals surface area contributed by atoms with E-state index in [0.717, 1.165) is 23.8 Å². The number of carbonyl (C=O) groups excluding carboxylic acids is 1. The van der Waals surface area contributed by atoms with E-state index in [9.17, 15) is 4.79 Å². The average molecular weight is 234 g/mol. The fraction of sp³-hybridized carbons (Fsp3) is 0.118. The van der Waals surface area contributed by atoms with Gasteiger partial charge in [0.05, 0.1) is 5.92 Å². The van der Waals surface area contributed by atoms with E-state index >= 15 is 0 Å². The highest BCUT2D eigenvalue weighted by atomic mass is 16.1. The molecule has 0 spiro atoms. The molecule has 0 amide bonds. The van der Waals surface area contributed by atoms with Crippen LogP contribution in [0.15, 0.2) is 54.6 Å². The van der Waals surface area contributed by atoms with E-state index in [1.165, 1.54) is 16.3 Å². The Morgan fingerprint density at radius 2 is 1.94 bits per heavy atom. The molecule has 18 heavy (non-hydrogen) atoms. The van der Waals surface area contributed by atoms with Gasteiger partial charge in [0.25, 0.3) is 0 Å². The minimum atomic E-state index is -0.124. The highest BCUT2D eigenvalue weighted by Gasteiger charge is 2.22. The number of rotatable bonds is 3. The molecule has 3 rings (SSSR count). The number of hydrogen-bond donors (Lipinski definition) is 0. The third-order valence-corrected chi connectivity index (χ3v) is 3.56. The maximum Gasteiger partial charge on any atom is 0.131 e. The van der Waals surface area contributed by atoms with E-state index in [4.69, 9.17) is 0 Å². The molecule has 1 aliphatic rings. The lowest BCUT2D eigenvalue weighted by Gasteiger charge is -2.22. The minimum absolute atomic E-state index is 0.124. The van der Waals surface area contributed by atoms with Gasteiger partial charge in [-0.3, -0.25) is 0 Å². The number of allylic oxidation sites excluding steroid dienone is 2. The van der Waals surface area contributed by atoms with Crippen LogP contribution in [0.25, 0.3) is 16.8 Å². The molecule has 2 aromatic rings. The molecular weight excluding hydrogens is 220 g/mol. The molecule has 1 atom stereocenters. The summed E-state index contributed by atoms with van der Waals surface area (Å²) in [5.41, 5.74) is 3.46. The van der Waals surface area contributed by atoms with Crippen LogP contribution in [0.3, 0.4) is 0 Å². The molecule has 1 heteroatoms. The Bertz CT molecular complexity index is 659. The summed E-state index contributed by atoms with van der Waals surface area (Å²) in [6.45, 7) is 3.77. The summed E-state index contributed by atoms with van der Waals surface area (Å²) in [6, 6.07) is 12.4. The predicted molar refractivity (Wildman–Crippen MR) is 75.5 cm³/mol. The number of benzene rings is 2. The van der Waals surface area contributed by atoms with Gasteiger partial charge in [-0.25, -0.2) is 0 Å². The minimum Gasteiger partial charge on any atom is -0.302 e. The zero-order chi connectivity index (χ0) is 12.5. The van der Waals surface area contributed by atoms with Crippen molar-refractivity contribution in [1.29, 1.82) is 0 Å². The SMILES string of the molecule is C=CCC1=Cc2cccc3cccc(c23)C1C=O. The van der Waals surface area contributed by atoms with Gasteiger partial charge >= 0.3 is 0 Å². The van der Waals surface area contributed by atoms with Gasteiger partial charge in [0.15, 0.2) is 0 Å². The zero-order valence-corrected chi connectivity index (χ0v) is 10.1. The van der Waals surface area contributed by atoms with E-state index in [-0.39, 0.29) is 5.92 Å². The number of aldehydes is 1. The first-order valence-electron chi connectivity index (χ1n) is 6.13. The van der Waals surface area contributed by atoms with E-state index in [2.05, 4.69) is 43.0 Å². The van der Waals surface area contributed by atoms with Gasteiger partial charge in [0.2, 0.25) is 0 Å². The largest absolute Gasteiger partial charge is 0.302 e. The van der Waals surface area contributed by atoms with Crippen LogP contribution in [0.1, 0.15) is 23.5 Å². The molecule has 0 radical (unpaired) electrons. The molecule has 0 aliphatic heterocycles. The van der Waals surface area contributed by atoms with Crippen LogP contribution in [-0.2, 0) is 4.79 Å². The van der Waals surface area contributed by atoms with Crippen molar-refractivity contribution in [1.82, 2.24) is 0 Å². The molecule has 0 N–H and O–H groups in total. The van der Waals surface area contributed by atoms with Crippen LogP contribution in [0, 0.1) is 0 Å². The average Bonchev–Trinajstić information content (AvgIpc) is 2.40. The molecule has 0 saturated carbocycles. The van der Waals surface area contributed by atoms with Crippen LogP contribution in [0.2, 0.25) is 0 Å². The van der Waals surface area contributed by atoms with E-state index in [1.54, 1.807) is 0 Å². The summed E-state index contributed by atoms with van der Waals surface area (Å²) < 4.78 is 0. The van der Waals surface area contributed by atoms with Gasteiger partial charge < -0.3 is 4.79 Å². The molecule has 1 unspecified atom stereocenters. The molecule has 88 valence electrons. The van der Waals surface area contributed by atoms with Gasteiger partial charge in [-0.1, -0.05) is 54.1 Å². The fourth-order valence-electron chi connectivity index (χ4n) is 2.78. The molecule has 1 aliphatic carbocycles. The Kier molecular flexibility index (Phi) is 2.60. The van der Waals surface area contributed by atoms with Crippen molar-refractivity contribution in [3.8, 4) is 0 Å². The smallest absolute Gasteiger partial charge is 0.131 e. The van der Waals surface area contributed by atoms with E-state index < -0.39 is 0 Å². The second-order valence-electron chi connectivity index (χ2n) is 4.62. The number of hydrogen-bond acceptors (Lipinski definition) is 1. The molecule has 0 heterocycles. The monoisotopic (exact) mass is 234 g/mol. The normalized spacial score (nSPS) is 17.3. The van der Waals surface area contributed by atoms with Crippen molar-refractivity contribution in [2.45, 2.75) is 12.3 Å². The van der Waals surface area contributed by atoms with Gasteiger partial charge in [-0.2, -0.15) is 0 Å². The predicted octanol–water partition coefficient (Wildman–Crippen LogP) is 4.10. The van der Waals surface area contributed by atoms with Crippen molar-refractivity contribution in [3.05, 3.63) is 65.8 Å². The van der Waals surface area contributed by atoms with Crippen LogP contribution < -0.4 is 0 Å². The Balaban J connectivity index is 2.34. The Hall–Kier alpha value is -2.15. The lowest BCUT2D eigenvalue weighted by Crippen LogP contribution is -2.08. The topological polar surface area (TPSA) is 17.1 Å². The lowest BCUT2D eigenvalue weighted by atomic mass is 9.80. The van der Waals surface area contributed by atoms with Crippen LogP contribution >= 0.6 is 0 Å². The van der Waals surface area contributed by atoms with E-state index in [1.807, 2.05) is 12.1 Å². The zero-order valence-electron chi connectivity index (χ0n) is 10.1. The summed E-state index contributed by atoms with van der Waals surface area (Å²) in [6.07, 6.45) is 5.79. The van der Waals surface area contributed by atoms with Gasteiger partial charge in [-0.15, -0.1) is 6.58 Å². The summed E-state index contributed by atoms with van der Waals surface area (Å²) in [5.74, 6) is -0.124. The third-order valence-electron chi connectivity index (χ3n) is 3.56. The Labute approximate surface area is 106 Å². The van der Waals surface area contributed by atoms with Gasteiger partial charge in [0, 0.05) is 0 Å². The van der Waals surface area contributed by atoms with Crippen molar-refractivity contribution in [2.75, 3.05) is 0 Å². The summed E-state index contributed by atoms with van der Waals surface area (Å²) in [5, 5.41) is 2.41. The highest BCUT2D eigenvalue weighted by molar-refractivity contribution is 5.99. The quantitative estimate of drug-likeness (QED) is 0.577. The highest BCUT2D eigenvalue weighted by Crippen LogP contribution is 2.38. The maximum atomic E-state index is 11.4. The second-order valence-corrected chi connectivity index (χ2v) is 4.62. The van der Waals surface area contributed by atoms with E-state index in [0.29, 0.717) is 0 Å². The fourth-order valence-corrected chi connectivity index (χ4v) is 2.78. The molecule has 0 saturated heterocycles. The Morgan fingerprint density at radius 3 is 2.67 bits per heavy atom. The van der Waals surface area contributed by atoms with Crippen molar-refractivity contribution in [3.63, 3.8) is 0 Å². The van der Waals surface area contributed by atoms with Gasteiger partial charge in [0.1, 0.15) is 6.29 Å². The van der Waals surface area contributed by atoms with Crippen LogP contribution in [0.4, 0.5) is 0 Å². The van der Waals surface area contributed by atoms with Crippen LogP contribution in [0.5, 0.6) is 0 Å². The van der Waals surface area contributed by atoms with Crippen LogP contribution in [-0.4, -0.2) is 6.29 Å². The standard InChI is InChI=1S/C17H14O/c1-2-5-13-10-14-8-3-6-12-7-4-9-15(17(12)14)16(13)11-18/h2-4,6-11,16H,1,5H2. The molecule has 2 aromatic carbocycles. The molecular formula is C17H14O. The molecule has 0 aromatic heterocycles. The third kappa shape index (κ3) is 1.52. The molecule has 1 nitrogen and oxygen atoms in total. The first kappa shape index (κ1) is 11.0. The maximum absolute atomic E-state index is 11.4. The summed E-state index contributed by atoms with van der Waals surface area (Å²) in [4.78, 5) is 11.4. The van der Waals surface area contributed by atoms with Crippen molar-refractivity contribution in [2.24, 2.45) is 0 Å². The van der Waals surface area contributed by atoms with Crippen molar-refractivity contribution < 1.29 is 4.79 Å². The second kappa shape index (κ2) is 4.26. The first-order valence-corrected chi connectivity index (χ1v) is 6.13. The summed E-state index contributed by atoms with van der Waals surface area (Å²) >= 11 is 0. The molecule has 0 bridgehead atoms. The number of carbonyl (C=O) groups is 1. The Morgan fingerprint density at radius 1 is 1.17 bits per heavy atom. The summed E-state index contributed by atoms with van der Waals surface area (Å²) in [7, 11) is 0. The lowest BCUT2D eigenvalue weighted by molar-refractivity contribution is -0.108. The van der Waals surface area contributed by atoms with Crippen molar-refractivity contribution >= 4 is 23.1 Å². The molecule has 0 fully saturated rings.